The molecule has 0 aromatic heterocycles. The molecule has 128 valence electrons. The lowest BCUT2D eigenvalue weighted by atomic mass is 10.0. The predicted molar refractivity (Wildman–Crippen MR) is 85.6 cm³/mol. The Hall–Kier alpha value is -0.700. The van der Waals surface area contributed by atoms with Crippen molar-refractivity contribution in [1.82, 2.24) is 18.8 Å². The number of nitrogens with one attached hydrogen (secondary N) is 1. The van der Waals surface area contributed by atoms with Gasteiger partial charge in [-0.2, -0.15) is 12.7 Å². The van der Waals surface area contributed by atoms with Gasteiger partial charge in [-0.25, -0.2) is 4.72 Å². The molecule has 0 aromatic rings. The number of hydrogen-bond acceptors (Lipinski definition) is 4. The fraction of sp³-hybridized carbons (Fsp3) is 0.929. The second-order valence-electron chi connectivity index (χ2n) is 6.35. The van der Waals surface area contributed by atoms with Crippen LogP contribution in [0.2, 0.25) is 0 Å². The zero-order valence-corrected chi connectivity index (χ0v) is 14.4. The predicted octanol–water partition coefficient (Wildman–Crippen LogP) is -0.283. The molecule has 2 saturated heterocycles. The first kappa shape index (κ1) is 17.7. The molecular formula is C14H28N4O3S. The molecule has 1 amide bonds. The molecule has 8 heteroatoms. The highest BCUT2D eigenvalue weighted by atomic mass is 32.2. The van der Waals surface area contributed by atoms with E-state index in [1.54, 1.807) is 11.2 Å². The lowest BCUT2D eigenvalue weighted by Gasteiger charge is -2.34. The van der Waals surface area contributed by atoms with Gasteiger partial charge in [0.25, 0.3) is 10.2 Å². The topological polar surface area (TPSA) is 73.0 Å². The van der Waals surface area contributed by atoms with Crippen LogP contribution in [0.4, 0.5) is 0 Å². The van der Waals surface area contributed by atoms with Crippen LogP contribution in [0, 0.1) is 5.92 Å². The number of nitrogens with zero attached hydrogens (tertiary/aromatic N) is 3. The smallest absolute Gasteiger partial charge is 0.279 e. The van der Waals surface area contributed by atoms with Crippen molar-refractivity contribution in [2.75, 3.05) is 52.4 Å². The summed E-state index contributed by atoms with van der Waals surface area (Å²) in [5.74, 6) is 0.546. The quantitative estimate of drug-likeness (QED) is 0.751. The van der Waals surface area contributed by atoms with E-state index in [2.05, 4.69) is 16.5 Å². The Morgan fingerprint density at radius 3 is 2.45 bits per heavy atom. The SMILES string of the molecule is CC(=O)N1CCN(CCNS(=O)(=O)N2CCC[C@H](C)C2)CC1. The van der Waals surface area contributed by atoms with E-state index in [1.165, 1.54) is 0 Å². The average Bonchev–Trinajstić information content (AvgIpc) is 2.47. The Labute approximate surface area is 133 Å². The van der Waals surface area contributed by atoms with E-state index in [1.807, 2.05) is 4.90 Å². The highest BCUT2D eigenvalue weighted by Gasteiger charge is 2.27. The van der Waals surface area contributed by atoms with Crippen molar-refractivity contribution in [1.29, 1.82) is 0 Å². The van der Waals surface area contributed by atoms with Gasteiger partial charge in [0.05, 0.1) is 0 Å². The van der Waals surface area contributed by atoms with Gasteiger partial charge in [0, 0.05) is 59.3 Å². The number of hydrogen-bond donors (Lipinski definition) is 1. The van der Waals surface area contributed by atoms with Crippen molar-refractivity contribution in [3.05, 3.63) is 0 Å². The van der Waals surface area contributed by atoms with Crippen LogP contribution in [0.1, 0.15) is 26.7 Å². The van der Waals surface area contributed by atoms with Crippen molar-refractivity contribution < 1.29 is 13.2 Å². The molecule has 7 nitrogen and oxygen atoms in total. The molecule has 2 aliphatic rings. The summed E-state index contributed by atoms with van der Waals surface area (Å²) in [7, 11) is -3.35. The van der Waals surface area contributed by atoms with Gasteiger partial charge >= 0.3 is 0 Å². The molecule has 0 saturated carbocycles. The Morgan fingerprint density at radius 1 is 1.18 bits per heavy atom. The Morgan fingerprint density at radius 2 is 1.86 bits per heavy atom. The molecule has 1 atom stereocenters. The molecule has 2 heterocycles. The third-order valence-electron chi connectivity index (χ3n) is 4.49. The third kappa shape index (κ3) is 4.91. The van der Waals surface area contributed by atoms with Gasteiger partial charge in [0.2, 0.25) is 5.91 Å². The van der Waals surface area contributed by atoms with Gasteiger partial charge in [-0.3, -0.25) is 9.69 Å². The van der Waals surface area contributed by atoms with Crippen molar-refractivity contribution in [3.8, 4) is 0 Å². The summed E-state index contributed by atoms with van der Waals surface area (Å²) >= 11 is 0. The number of carbonyl (C=O) groups is 1. The maximum absolute atomic E-state index is 12.3. The summed E-state index contributed by atoms with van der Waals surface area (Å²) in [5.41, 5.74) is 0. The number of carbonyl (C=O) groups excluding carboxylic acids is 1. The summed E-state index contributed by atoms with van der Waals surface area (Å²) in [6.45, 7) is 9.10. The Kier molecular flexibility index (Phi) is 6.19. The summed E-state index contributed by atoms with van der Waals surface area (Å²) in [4.78, 5) is 15.3. The van der Waals surface area contributed by atoms with Crippen LogP contribution in [0.25, 0.3) is 0 Å². The van der Waals surface area contributed by atoms with E-state index in [4.69, 9.17) is 0 Å². The molecule has 2 fully saturated rings. The van der Waals surface area contributed by atoms with Gasteiger partial charge in [0.15, 0.2) is 0 Å². The van der Waals surface area contributed by atoms with Crippen molar-refractivity contribution >= 4 is 16.1 Å². The lowest BCUT2D eigenvalue weighted by Crippen LogP contribution is -2.51. The zero-order chi connectivity index (χ0) is 16.2. The van der Waals surface area contributed by atoms with Crippen LogP contribution in [-0.2, 0) is 15.0 Å². The van der Waals surface area contributed by atoms with E-state index in [-0.39, 0.29) is 5.91 Å². The minimum Gasteiger partial charge on any atom is -0.340 e. The normalized spacial score (nSPS) is 25.4. The van der Waals surface area contributed by atoms with E-state index in [0.717, 1.165) is 39.0 Å². The number of rotatable bonds is 5. The third-order valence-corrected chi connectivity index (χ3v) is 6.07. The van der Waals surface area contributed by atoms with E-state index >= 15 is 0 Å². The number of piperazine rings is 1. The van der Waals surface area contributed by atoms with E-state index in [0.29, 0.717) is 32.1 Å². The minimum atomic E-state index is -3.35. The number of amides is 1. The molecule has 0 spiro atoms. The van der Waals surface area contributed by atoms with Crippen molar-refractivity contribution in [2.45, 2.75) is 26.7 Å². The van der Waals surface area contributed by atoms with Crippen molar-refractivity contribution in [3.63, 3.8) is 0 Å². The standard InChI is InChI=1S/C14H28N4O3S/c1-13-4-3-6-18(12-13)22(20,21)15-5-7-16-8-10-17(11-9-16)14(2)19/h13,15H,3-12H2,1-2H3/t13-/m0/s1. The molecule has 0 unspecified atom stereocenters. The van der Waals surface area contributed by atoms with Crippen LogP contribution < -0.4 is 4.72 Å². The van der Waals surface area contributed by atoms with Crippen LogP contribution >= 0.6 is 0 Å². The average molecular weight is 332 g/mol. The summed E-state index contributed by atoms with van der Waals surface area (Å²) in [5, 5.41) is 0. The first-order chi connectivity index (χ1) is 10.4. The summed E-state index contributed by atoms with van der Waals surface area (Å²) in [6.07, 6.45) is 2.04. The van der Waals surface area contributed by atoms with Gasteiger partial charge in [-0.1, -0.05) is 6.92 Å². The van der Waals surface area contributed by atoms with Gasteiger partial charge in [-0.15, -0.1) is 0 Å². The largest absolute Gasteiger partial charge is 0.340 e. The number of piperidine rings is 1. The van der Waals surface area contributed by atoms with Gasteiger partial charge in [0.1, 0.15) is 0 Å². The first-order valence-corrected chi connectivity index (χ1v) is 9.55. The molecule has 2 rings (SSSR count). The highest BCUT2D eigenvalue weighted by Crippen LogP contribution is 2.17. The Bertz CT molecular complexity index is 474. The van der Waals surface area contributed by atoms with Crippen LogP contribution in [0.15, 0.2) is 0 Å². The van der Waals surface area contributed by atoms with Crippen molar-refractivity contribution in [2.24, 2.45) is 5.92 Å². The molecule has 0 bridgehead atoms. The first-order valence-electron chi connectivity index (χ1n) is 8.11. The minimum absolute atomic E-state index is 0.111. The van der Waals surface area contributed by atoms with Gasteiger partial charge in [-0.05, 0) is 18.8 Å². The summed E-state index contributed by atoms with van der Waals surface area (Å²) < 4.78 is 28.8. The fourth-order valence-electron chi connectivity index (χ4n) is 3.08. The molecule has 0 radical (unpaired) electrons. The molecule has 0 aliphatic carbocycles. The second-order valence-corrected chi connectivity index (χ2v) is 8.11. The molecular weight excluding hydrogens is 304 g/mol. The van der Waals surface area contributed by atoms with Crippen LogP contribution in [-0.4, -0.2) is 80.8 Å². The fourth-order valence-corrected chi connectivity index (χ4v) is 4.43. The van der Waals surface area contributed by atoms with Crippen LogP contribution in [0.3, 0.4) is 0 Å². The zero-order valence-electron chi connectivity index (χ0n) is 13.6. The van der Waals surface area contributed by atoms with Crippen LogP contribution in [0.5, 0.6) is 0 Å². The maximum atomic E-state index is 12.3. The molecule has 1 N–H and O–H groups in total. The maximum Gasteiger partial charge on any atom is 0.279 e. The highest BCUT2D eigenvalue weighted by molar-refractivity contribution is 7.87. The molecule has 2 aliphatic heterocycles. The lowest BCUT2D eigenvalue weighted by molar-refractivity contribution is -0.130. The Balaban J connectivity index is 1.71. The van der Waals surface area contributed by atoms with Gasteiger partial charge < -0.3 is 4.90 Å². The molecule has 0 aromatic carbocycles. The van der Waals surface area contributed by atoms with E-state index < -0.39 is 10.2 Å². The molecule has 22 heavy (non-hydrogen) atoms. The summed E-state index contributed by atoms with van der Waals surface area (Å²) in [6, 6.07) is 0. The second kappa shape index (κ2) is 7.72. The monoisotopic (exact) mass is 332 g/mol. The van der Waals surface area contributed by atoms with E-state index in [9.17, 15) is 13.2 Å².